The van der Waals surface area contributed by atoms with Crippen LogP contribution in [-0.4, -0.2) is 55.6 Å². The third kappa shape index (κ3) is 6.11. The van der Waals surface area contributed by atoms with Crippen LogP contribution in [0.1, 0.15) is 18.1 Å². The van der Waals surface area contributed by atoms with E-state index in [1.54, 1.807) is 0 Å². The van der Waals surface area contributed by atoms with E-state index in [4.69, 9.17) is 11.6 Å². The van der Waals surface area contributed by atoms with E-state index in [0.29, 0.717) is 13.1 Å². The van der Waals surface area contributed by atoms with Crippen molar-refractivity contribution in [2.45, 2.75) is 20.0 Å². The molecule has 2 N–H and O–H groups in total. The molecular weight excluding hydrogens is 372 g/mol. The first-order valence-electron chi connectivity index (χ1n) is 9.79. The minimum Gasteiger partial charge on any atom is -0.357 e. The van der Waals surface area contributed by atoms with Crippen LogP contribution in [0.25, 0.3) is 0 Å². The zero-order valence-corrected chi connectivity index (χ0v) is 17.4. The molecule has 1 aromatic carbocycles. The fraction of sp³-hybridized carbons (Fsp3) is 0.429. The van der Waals surface area contributed by atoms with Gasteiger partial charge in [0.1, 0.15) is 5.82 Å². The highest BCUT2D eigenvalue weighted by Crippen LogP contribution is 2.14. The number of likely N-dealkylation sites (N-methyl/N-ethyl adjacent to an activating group) is 1. The molecule has 0 amide bonds. The first kappa shape index (κ1) is 20.4. The molecule has 7 heteroatoms. The smallest absolute Gasteiger partial charge is 0.191 e. The van der Waals surface area contributed by atoms with Gasteiger partial charge in [0.15, 0.2) is 5.96 Å². The Morgan fingerprint density at radius 3 is 2.39 bits per heavy atom. The van der Waals surface area contributed by atoms with E-state index in [1.165, 1.54) is 0 Å². The Kier molecular flexibility index (Phi) is 7.51. The van der Waals surface area contributed by atoms with E-state index in [0.717, 1.165) is 60.7 Å². The first-order valence-corrected chi connectivity index (χ1v) is 10.2. The maximum atomic E-state index is 5.94. The van der Waals surface area contributed by atoms with Crippen LogP contribution < -0.4 is 15.5 Å². The largest absolute Gasteiger partial charge is 0.357 e. The summed E-state index contributed by atoms with van der Waals surface area (Å²) in [5, 5.41) is 7.38. The molecule has 1 saturated heterocycles. The fourth-order valence-electron chi connectivity index (χ4n) is 3.03. The van der Waals surface area contributed by atoms with Crippen LogP contribution in [-0.2, 0) is 13.1 Å². The molecule has 2 aromatic rings. The molecule has 0 radical (unpaired) electrons. The lowest BCUT2D eigenvalue weighted by Crippen LogP contribution is -2.44. The van der Waals surface area contributed by atoms with Crippen LogP contribution in [0, 0.1) is 0 Å². The number of nitrogens with zero attached hydrogens (tertiary/aromatic N) is 4. The van der Waals surface area contributed by atoms with Crippen LogP contribution >= 0.6 is 11.6 Å². The highest BCUT2D eigenvalue weighted by atomic mass is 35.5. The van der Waals surface area contributed by atoms with Gasteiger partial charge in [0.05, 0.1) is 6.54 Å². The van der Waals surface area contributed by atoms with Gasteiger partial charge in [-0.1, -0.05) is 29.8 Å². The SMILES string of the molecule is CCNC(=NCc1ccc(N2CCN(C)CC2)nc1)NCc1ccc(Cl)cc1. The number of nitrogens with one attached hydrogen (secondary N) is 2. The predicted molar refractivity (Wildman–Crippen MR) is 117 cm³/mol. The van der Waals surface area contributed by atoms with Gasteiger partial charge < -0.3 is 20.4 Å². The topological polar surface area (TPSA) is 55.8 Å². The number of pyridine rings is 1. The Hall–Kier alpha value is -2.31. The second-order valence-electron chi connectivity index (χ2n) is 6.99. The van der Waals surface area contributed by atoms with Crippen LogP contribution in [0.4, 0.5) is 5.82 Å². The lowest BCUT2D eigenvalue weighted by atomic mass is 10.2. The van der Waals surface area contributed by atoms with Gasteiger partial charge >= 0.3 is 0 Å². The van der Waals surface area contributed by atoms with Crippen LogP contribution in [0.2, 0.25) is 5.02 Å². The number of hydrogen-bond donors (Lipinski definition) is 2. The summed E-state index contributed by atoms with van der Waals surface area (Å²) in [5.74, 6) is 1.84. The van der Waals surface area contributed by atoms with Gasteiger partial charge in [-0.05, 0) is 43.3 Å². The normalized spacial score (nSPS) is 15.5. The number of hydrogen-bond acceptors (Lipinski definition) is 4. The van der Waals surface area contributed by atoms with E-state index in [9.17, 15) is 0 Å². The van der Waals surface area contributed by atoms with Crippen molar-refractivity contribution in [1.29, 1.82) is 0 Å². The summed E-state index contributed by atoms with van der Waals surface area (Å²) in [4.78, 5) is 14.0. The summed E-state index contributed by atoms with van der Waals surface area (Å²) in [5.41, 5.74) is 2.26. The summed E-state index contributed by atoms with van der Waals surface area (Å²) >= 11 is 5.94. The number of benzene rings is 1. The summed E-state index contributed by atoms with van der Waals surface area (Å²) < 4.78 is 0. The molecule has 28 heavy (non-hydrogen) atoms. The number of piperazine rings is 1. The van der Waals surface area contributed by atoms with Crippen molar-refractivity contribution in [2.24, 2.45) is 4.99 Å². The Bertz CT molecular complexity index is 751. The summed E-state index contributed by atoms with van der Waals surface area (Å²) in [7, 11) is 2.16. The second kappa shape index (κ2) is 10.3. The lowest BCUT2D eigenvalue weighted by molar-refractivity contribution is 0.312. The van der Waals surface area contributed by atoms with Crippen molar-refractivity contribution < 1.29 is 0 Å². The van der Waals surface area contributed by atoms with E-state index >= 15 is 0 Å². The molecule has 6 nitrogen and oxygen atoms in total. The number of anilines is 1. The minimum atomic E-state index is 0.589. The summed E-state index contributed by atoms with van der Waals surface area (Å²) in [6.45, 7) is 8.38. The Balaban J connectivity index is 1.55. The fourth-order valence-corrected chi connectivity index (χ4v) is 3.16. The number of rotatable bonds is 6. The van der Waals surface area contributed by atoms with Crippen molar-refractivity contribution in [3.63, 3.8) is 0 Å². The van der Waals surface area contributed by atoms with Gasteiger partial charge in [-0.3, -0.25) is 0 Å². The van der Waals surface area contributed by atoms with Gasteiger partial charge in [0.2, 0.25) is 0 Å². The molecule has 0 unspecified atom stereocenters. The van der Waals surface area contributed by atoms with Crippen molar-refractivity contribution >= 4 is 23.4 Å². The number of aromatic nitrogens is 1. The predicted octanol–water partition coefficient (Wildman–Crippen LogP) is 2.74. The maximum Gasteiger partial charge on any atom is 0.191 e. The molecule has 0 spiro atoms. The lowest BCUT2D eigenvalue weighted by Gasteiger charge is -2.33. The van der Waals surface area contributed by atoms with Crippen molar-refractivity contribution in [3.8, 4) is 0 Å². The average Bonchev–Trinajstić information content (AvgIpc) is 2.72. The quantitative estimate of drug-likeness (QED) is 0.576. The standard InChI is InChI=1S/C21H29ClN6/c1-3-23-21(25-14-17-4-7-19(22)8-5-17)26-16-18-6-9-20(24-15-18)28-12-10-27(2)11-13-28/h4-9,15H,3,10-14,16H2,1-2H3,(H2,23,25,26). The Morgan fingerprint density at radius 2 is 1.75 bits per heavy atom. The van der Waals surface area contributed by atoms with Crippen LogP contribution in [0.5, 0.6) is 0 Å². The zero-order chi connectivity index (χ0) is 19.8. The highest BCUT2D eigenvalue weighted by Gasteiger charge is 2.14. The number of halogens is 1. The Labute approximate surface area is 172 Å². The van der Waals surface area contributed by atoms with Gasteiger partial charge in [-0.15, -0.1) is 0 Å². The van der Waals surface area contributed by atoms with Gasteiger partial charge in [-0.2, -0.15) is 0 Å². The molecule has 1 aliphatic rings. The third-order valence-electron chi connectivity index (χ3n) is 4.77. The summed E-state index contributed by atoms with van der Waals surface area (Å²) in [6, 6.07) is 12.0. The first-order chi connectivity index (χ1) is 13.6. The molecule has 3 rings (SSSR count). The minimum absolute atomic E-state index is 0.589. The van der Waals surface area contributed by atoms with Gasteiger partial charge in [0.25, 0.3) is 0 Å². The molecule has 150 valence electrons. The second-order valence-corrected chi connectivity index (χ2v) is 7.43. The molecule has 1 aliphatic heterocycles. The van der Waals surface area contributed by atoms with Crippen molar-refractivity contribution in [3.05, 3.63) is 58.7 Å². The monoisotopic (exact) mass is 400 g/mol. The Morgan fingerprint density at radius 1 is 1.04 bits per heavy atom. The molecule has 1 fully saturated rings. The van der Waals surface area contributed by atoms with Crippen molar-refractivity contribution in [2.75, 3.05) is 44.7 Å². The molecule has 0 aliphatic carbocycles. The van der Waals surface area contributed by atoms with Gasteiger partial charge in [-0.25, -0.2) is 9.98 Å². The van der Waals surface area contributed by atoms with Crippen molar-refractivity contribution in [1.82, 2.24) is 20.5 Å². The molecule has 0 atom stereocenters. The molecule has 1 aromatic heterocycles. The third-order valence-corrected chi connectivity index (χ3v) is 5.03. The van der Waals surface area contributed by atoms with E-state index < -0.39 is 0 Å². The zero-order valence-electron chi connectivity index (χ0n) is 16.7. The molecular formula is C21H29ClN6. The van der Waals surface area contributed by atoms with E-state index in [1.807, 2.05) is 30.5 Å². The van der Waals surface area contributed by atoms with Crippen LogP contribution in [0.15, 0.2) is 47.6 Å². The molecule has 2 heterocycles. The number of aliphatic imine (C=N–C) groups is 1. The van der Waals surface area contributed by atoms with Gasteiger partial charge in [0, 0.05) is 50.5 Å². The molecule has 0 bridgehead atoms. The average molecular weight is 401 g/mol. The van der Waals surface area contributed by atoms with E-state index in [-0.39, 0.29) is 0 Å². The highest BCUT2D eigenvalue weighted by molar-refractivity contribution is 6.30. The molecule has 0 saturated carbocycles. The van der Waals surface area contributed by atoms with E-state index in [2.05, 4.69) is 56.5 Å². The maximum absolute atomic E-state index is 5.94. The van der Waals surface area contributed by atoms with Crippen LogP contribution in [0.3, 0.4) is 0 Å². The number of guanidine groups is 1. The summed E-state index contributed by atoms with van der Waals surface area (Å²) in [6.07, 6.45) is 1.93.